The molecule has 20 heavy (non-hydrogen) atoms. The number of hydrogen-bond acceptors (Lipinski definition) is 3. The first-order valence-electron chi connectivity index (χ1n) is 7.33. The Bertz CT molecular complexity index is 441. The van der Waals surface area contributed by atoms with Crippen molar-refractivity contribution in [2.75, 3.05) is 20.2 Å². The Morgan fingerprint density at radius 2 is 2.15 bits per heavy atom. The van der Waals surface area contributed by atoms with Gasteiger partial charge in [-0.05, 0) is 44.5 Å². The fourth-order valence-corrected chi connectivity index (χ4v) is 2.75. The van der Waals surface area contributed by atoms with Crippen LogP contribution in [0.15, 0.2) is 24.3 Å². The molecule has 0 aromatic heterocycles. The number of nitrogens with zero attached hydrogens (tertiary/aromatic N) is 1. The van der Waals surface area contributed by atoms with Gasteiger partial charge in [0.2, 0.25) is 0 Å². The number of ether oxygens (including phenoxy) is 1. The Balaban J connectivity index is 1.70. The van der Waals surface area contributed by atoms with Gasteiger partial charge in [0.05, 0.1) is 12.2 Å². The van der Waals surface area contributed by atoms with Crippen molar-refractivity contribution in [2.24, 2.45) is 0 Å². The first-order valence-corrected chi connectivity index (χ1v) is 7.33. The quantitative estimate of drug-likeness (QED) is 0.778. The molecule has 1 aliphatic rings. The average Bonchev–Trinajstić information content (AvgIpc) is 2.98. The summed E-state index contributed by atoms with van der Waals surface area (Å²) in [7, 11) is 2.18. The van der Waals surface area contributed by atoms with Gasteiger partial charge < -0.3 is 14.7 Å². The van der Waals surface area contributed by atoms with Gasteiger partial charge in [-0.2, -0.15) is 0 Å². The molecule has 0 aliphatic heterocycles. The fraction of sp³-hybridized carbons (Fsp3) is 0.562. The lowest BCUT2D eigenvalue weighted by Crippen LogP contribution is -2.30. The summed E-state index contributed by atoms with van der Waals surface area (Å²) < 4.78 is 5.62. The minimum Gasteiger partial charge on any atom is -0.494 e. The monoisotopic (exact) mass is 277 g/mol. The minimum absolute atomic E-state index is 0.269. The largest absolute Gasteiger partial charge is 0.494 e. The third-order valence-electron chi connectivity index (χ3n) is 3.95. The van der Waals surface area contributed by atoms with Gasteiger partial charge in [0.15, 0.2) is 0 Å². The second-order valence-corrected chi connectivity index (χ2v) is 5.45. The topological polar surface area (TPSA) is 49.8 Å². The zero-order valence-corrected chi connectivity index (χ0v) is 12.0. The van der Waals surface area contributed by atoms with E-state index in [2.05, 4.69) is 11.9 Å². The molecule has 4 heteroatoms. The van der Waals surface area contributed by atoms with Crippen molar-refractivity contribution in [2.45, 2.75) is 38.1 Å². The van der Waals surface area contributed by atoms with Crippen LogP contribution in [0.2, 0.25) is 0 Å². The van der Waals surface area contributed by atoms with Gasteiger partial charge in [0.25, 0.3) is 0 Å². The maximum absolute atomic E-state index is 10.9. The molecule has 4 nitrogen and oxygen atoms in total. The summed E-state index contributed by atoms with van der Waals surface area (Å²) in [5.74, 6) is -0.287. The highest BCUT2D eigenvalue weighted by Gasteiger charge is 2.18. The van der Waals surface area contributed by atoms with Gasteiger partial charge in [-0.1, -0.05) is 18.9 Å². The van der Waals surface area contributed by atoms with Gasteiger partial charge in [0.1, 0.15) is 5.75 Å². The van der Waals surface area contributed by atoms with Crippen LogP contribution in [0.1, 0.15) is 42.5 Å². The highest BCUT2D eigenvalue weighted by Crippen LogP contribution is 2.22. The molecule has 1 aliphatic carbocycles. The molecule has 1 fully saturated rings. The Hall–Kier alpha value is -1.55. The molecule has 0 unspecified atom stereocenters. The van der Waals surface area contributed by atoms with Crippen molar-refractivity contribution >= 4 is 5.97 Å². The summed E-state index contributed by atoms with van der Waals surface area (Å²) in [5.41, 5.74) is 0.269. The Labute approximate surface area is 120 Å². The maximum Gasteiger partial charge on any atom is 0.335 e. The molecule has 0 atom stereocenters. The average molecular weight is 277 g/mol. The number of rotatable bonds is 7. The Morgan fingerprint density at radius 3 is 2.85 bits per heavy atom. The molecule has 0 spiro atoms. The van der Waals surface area contributed by atoms with Crippen molar-refractivity contribution in [1.29, 1.82) is 0 Å². The van der Waals surface area contributed by atoms with E-state index < -0.39 is 5.97 Å². The van der Waals surface area contributed by atoms with Crippen molar-refractivity contribution in [3.63, 3.8) is 0 Å². The van der Waals surface area contributed by atoms with E-state index in [1.54, 1.807) is 24.3 Å². The zero-order valence-electron chi connectivity index (χ0n) is 12.0. The highest BCUT2D eigenvalue weighted by molar-refractivity contribution is 5.87. The molecule has 1 saturated carbocycles. The molecule has 1 N–H and O–H groups in total. The predicted octanol–water partition coefficient (Wildman–Crippen LogP) is 3.03. The lowest BCUT2D eigenvalue weighted by atomic mass is 10.2. The van der Waals surface area contributed by atoms with E-state index in [-0.39, 0.29) is 5.56 Å². The first-order chi connectivity index (χ1) is 9.66. The molecule has 0 amide bonds. The molecule has 1 aromatic carbocycles. The van der Waals surface area contributed by atoms with Gasteiger partial charge in [-0.25, -0.2) is 4.79 Å². The van der Waals surface area contributed by atoms with Crippen LogP contribution in [0.4, 0.5) is 0 Å². The van der Waals surface area contributed by atoms with Gasteiger partial charge in [-0.15, -0.1) is 0 Å². The van der Waals surface area contributed by atoms with E-state index in [4.69, 9.17) is 9.84 Å². The number of carboxylic acid groups (broad SMARTS) is 1. The smallest absolute Gasteiger partial charge is 0.335 e. The van der Waals surface area contributed by atoms with Gasteiger partial charge >= 0.3 is 5.97 Å². The van der Waals surface area contributed by atoms with Crippen molar-refractivity contribution in [1.82, 2.24) is 4.90 Å². The molecule has 0 bridgehead atoms. The number of benzene rings is 1. The third-order valence-corrected chi connectivity index (χ3v) is 3.95. The molecular weight excluding hydrogens is 254 g/mol. The van der Waals surface area contributed by atoms with Gasteiger partial charge in [-0.3, -0.25) is 0 Å². The van der Waals surface area contributed by atoms with E-state index >= 15 is 0 Å². The molecule has 2 rings (SSSR count). The maximum atomic E-state index is 10.9. The minimum atomic E-state index is -0.920. The zero-order chi connectivity index (χ0) is 14.4. The SMILES string of the molecule is CN(CCCOc1cccc(C(=O)O)c1)C1CCCC1. The number of aromatic carboxylic acids is 1. The molecular formula is C16H23NO3. The summed E-state index contributed by atoms with van der Waals surface area (Å²) in [5, 5.41) is 8.91. The van der Waals surface area contributed by atoms with Crippen LogP contribution in [-0.4, -0.2) is 42.2 Å². The lowest BCUT2D eigenvalue weighted by Gasteiger charge is -2.23. The van der Waals surface area contributed by atoms with Gasteiger partial charge in [0, 0.05) is 12.6 Å². The number of carboxylic acids is 1. The number of carbonyl (C=O) groups is 1. The van der Waals surface area contributed by atoms with E-state index in [0.717, 1.165) is 19.0 Å². The van der Waals surface area contributed by atoms with E-state index in [9.17, 15) is 4.79 Å². The predicted molar refractivity (Wildman–Crippen MR) is 78.4 cm³/mol. The number of hydrogen-bond donors (Lipinski definition) is 1. The van der Waals surface area contributed by atoms with Crippen LogP contribution in [0.3, 0.4) is 0 Å². The standard InChI is InChI=1S/C16H23NO3/c1-17(14-7-2-3-8-14)10-5-11-20-15-9-4-6-13(12-15)16(18)19/h4,6,9,12,14H,2-3,5,7-8,10-11H2,1H3,(H,18,19). The second kappa shape index (κ2) is 7.29. The van der Waals surface area contributed by atoms with Crippen molar-refractivity contribution in [3.8, 4) is 5.75 Å². The van der Waals surface area contributed by atoms with Crippen LogP contribution in [0.5, 0.6) is 5.75 Å². The molecule has 0 radical (unpaired) electrons. The Kier molecular flexibility index (Phi) is 5.41. The van der Waals surface area contributed by atoms with Crippen molar-refractivity contribution < 1.29 is 14.6 Å². The Morgan fingerprint density at radius 1 is 1.40 bits per heavy atom. The summed E-state index contributed by atoms with van der Waals surface area (Å²) in [4.78, 5) is 13.3. The molecule has 0 heterocycles. The summed E-state index contributed by atoms with van der Waals surface area (Å²) in [6.45, 7) is 1.66. The van der Waals surface area contributed by atoms with Crippen LogP contribution in [-0.2, 0) is 0 Å². The first kappa shape index (κ1) is 14.9. The van der Waals surface area contributed by atoms with Crippen LogP contribution < -0.4 is 4.74 Å². The summed E-state index contributed by atoms with van der Waals surface area (Å²) in [6, 6.07) is 7.40. The third kappa shape index (κ3) is 4.23. The van der Waals surface area contributed by atoms with E-state index in [1.165, 1.54) is 25.7 Å². The normalized spacial score (nSPS) is 15.7. The molecule has 110 valence electrons. The molecule has 1 aromatic rings. The van der Waals surface area contributed by atoms with Crippen LogP contribution in [0.25, 0.3) is 0 Å². The van der Waals surface area contributed by atoms with E-state index in [0.29, 0.717) is 12.4 Å². The second-order valence-electron chi connectivity index (χ2n) is 5.45. The van der Waals surface area contributed by atoms with Crippen LogP contribution >= 0.6 is 0 Å². The van der Waals surface area contributed by atoms with E-state index in [1.807, 2.05) is 0 Å². The molecule has 0 saturated heterocycles. The van der Waals surface area contributed by atoms with Crippen molar-refractivity contribution in [3.05, 3.63) is 29.8 Å². The summed E-state index contributed by atoms with van der Waals surface area (Å²) in [6.07, 6.45) is 6.31. The summed E-state index contributed by atoms with van der Waals surface area (Å²) >= 11 is 0. The highest BCUT2D eigenvalue weighted by atomic mass is 16.5. The fourth-order valence-electron chi connectivity index (χ4n) is 2.75. The lowest BCUT2D eigenvalue weighted by molar-refractivity contribution is 0.0696. The van der Waals surface area contributed by atoms with Crippen LogP contribution in [0, 0.1) is 0 Å².